The molecule has 2 bridgehead atoms. The molecule has 6 atom stereocenters. The van der Waals surface area contributed by atoms with E-state index in [2.05, 4.69) is 5.32 Å². The maximum absolute atomic E-state index is 12.8. The third kappa shape index (κ3) is 9.18. The van der Waals surface area contributed by atoms with Crippen LogP contribution < -0.4 is 11.1 Å². The first kappa shape index (κ1) is 30.3. The van der Waals surface area contributed by atoms with Crippen molar-refractivity contribution < 1.29 is 34.0 Å². The monoisotopic (exact) mass is 518 g/mol. The molecule has 1 aromatic rings. The van der Waals surface area contributed by atoms with Crippen LogP contribution >= 0.6 is 0 Å². The summed E-state index contributed by atoms with van der Waals surface area (Å²) >= 11 is 0. The summed E-state index contributed by atoms with van der Waals surface area (Å²) in [6.07, 6.45) is 2.29. The number of primary amides is 1. The van der Waals surface area contributed by atoms with Crippen LogP contribution in [0.1, 0.15) is 52.5 Å². The predicted octanol–water partition coefficient (Wildman–Crippen LogP) is 4.08. The Morgan fingerprint density at radius 3 is 2.41 bits per heavy atom. The molecule has 6 unspecified atom stereocenters. The number of nitrogens with two attached hydrogens (primary N) is 1. The smallest absolute Gasteiger partial charge is 0.405 e. The minimum absolute atomic E-state index is 0.0634. The van der Waals surface area contributed by atoms with Gasteiger partial charge in [-0.3, -0.25) is 4.79 Å². The number of benzene rings is 1. The SMILES string of the molecule is COC1CC/C=C(\C)C(=O)Nc2cc(O)cc(c2)CC(C)CC(OC)C(O)C(C)/C=C(\C)C1OC(N)=O. The molecule has 0 saturated carbocycles. The van der Waals surface area contributed by atoms with Crippen molar-refractivity contribution in [3.05, 3.63) is 47.1 Å². The molecular formula is C28H42N2O7. The third-order valence-electron chi connectivity index (χ3n) is 6.79. The van der Waals surface area contributed by atoms with Crippen molar-refractivity contribution in [3.8, 4) is 5.75 Å². The molecular weight excluding hydrogens is 476 g/mol. The lowest BCUT2D eigenvalue weighted by Crippen LogP contribution is -2.37. The normalized spacial score (nSPS) is 31.4. The molecule has 0 fully saturated rings. The van der Waals surface area contributed by atoms with Crippen LogP contribution in [0.3, 0.4) is 0 Å². The fourth-order valence-corrected chi connectivity index (χ4v) is 4.83. The average molecular weight is 519 g/mol. The number of fused-ring (bicyclic) bond motifs is 2. The van der Waals surface area contributed by atoms with Gasteiger partial charge in [0.05, 0.1) is 18.3 Å². The van der Waals surface area contributed by atoms with E-state index < -0.39 is 30.5 Å². The van der Waals surface area contributed by atoms with Gasteiger partial charge in [0, 0.05) is 37.5 Å². The van der Waals surface area contributed by atoms with Crippen LogP contribution in [-0.4, -0.2) is 60.8 Å². The van der Waals surface area contributed by atoms with E-state index in [1.807, 2.05) is 32.9 Å². The third-order valence-corrected chi connectivity index (χ3v) is 6.79. The molecule has 9 heteroatoms. The minimum atomic E-state index is -0.925. The van der Waals surface area contributed by atoms with E-state index in [0.29, 0.717) is 42.5 Å². The molecule has 5 N–H and O–H groups in total. The van der Waals surface area contributed by atoms with Crippen LogP contribution in [0.4, 0.5) is 10.5 Å². The van der Waals surface area contributed by atoms with Crippen molar-refractivity contribution in [2.45, 2.75) is 77.8 Å². The van der Waals surface area contributed by atoms with Gasteiger partial charge >= 0.3 is 6.09 Å². The number of rotatable bonds is 3. The molecule has 1 aromatic carbocycles. The van der Waals surface area contributed by atoms with Gasteiger partial charge in [-0.15, -0.1) is 0 Å². The number of phenolic OH excluding ortho intramolecular Hbond substituents is 1. The van der Waals surface area contributed by atoms with E-state index in [1.54, 1.807) is 26.2 Å². The highest BCUT2D eigenvalue weighted by molar-refractivity contribution is 6.03. The van der Waals surface area contributed by atoms with Crippen LogP contribution in [0.15, 0.2) is 41.5 Å². The van der Waals surface area contributed by atoms with Crippen LogP contribution in [0.2, 0.25) is 0 Å². The first-order chi connectivity index (χ1) is 17.4. The van der Waals surface area contributed by atoms with Gasteiger partial charge in [-0.2, -0.15) is 0 Å². The first-order valence-electron chi connectivity index (χ1n) is 12.6. The van der Waals surface area contributed by atoms with Crippen molar-refractivity contribution in [2.75, 3.05) is 19.5 Å². The molecule has 9 nitrogen and oxygen atoms in total. The molecule has 0 aromatic heterocycles. The summed E-state index contributed by atoms with van der Waals surface area (Å²) in [7, 11) is 3.09. The van der Waals surface area contributed by atoms with Gasteiger partial charge < -0.3 is 35.5 Å². The van der Waals surface area contributed by atoms with Gasteiger partial charge in [0.2, 0.25) is 0 Å². The number of allylic oxidation sites excluding steroid dienone is 1. The van der Waals surface area contributed by atoms with E-state index in [4.69, 9.17) is 19.9 Å². The highest BCUT2D eigenvalue weighted by Gasteiger charge is 2.30. The topological polar surface area (TPSA) is 140 Å². The van der Waals surface area contributed by atoms with Crippen molar-refractivity contribution in [1.82, 2.24) is 0 Å². The summed E-state index contributed by atoms with van der Waals surface area (Å²) in [6, 6.07) is 5.02. The van der Waals surface area contributed by atoms with Crippen LogP contribution in [0.25, 0.3) is 0 Å². The van der Waals surface area contributed by atoms with Crippen molar-refractivity contribution in [3.63, 3.8) is 0 Å². The number of ether oxygens (including phenoxy) is 3. The van der Waals surface area contributed by atoms with Crippen molar-refractivity contribution in [2.24, 2.45) is 17.6 Å². The molecule has 1 aliphatic rings. The van der Waals surface area contributed by atoms with E-state index in [9.17, 15) is 19.8 Å². The number of phenols is 1. The highest BCUT2D eigenvalue weighted by atomic mass is 16.6. The molecule has 2 rings (SSSR count). The van der Waals surface area contributed by atoms with Crippen molar-refractivity contribution >= 4 is 17.7 Å². The van der Waals surface area contributed by atoms with Gasteiger partial charge in [-0.25, -0.2) is 4.79 Å². The molecule has 1 heterocycles. The zero-order valence-electron chi connectivity index (χ0n) is 22.7. The Kier molecular flexibility index (Phi) is 11.6. The van der Waals surface area contributed by atoms with Crippen LogP contribution in [0, 0.1) is 11.8 Å². The molecule has 0 radical (unpaired) electrons. The Bertz CT molecular complexity index is 991. The lowest BCUT2D eigenvalue weighted by atomic mass is 9.88. The number of carbonyl (C=O) groups is 2. The number of methoxy groups -OCH3 is 2. The highest BCUT2D eigenvalue weighted by Crippen LogP contribution is 2.27. The lowest BCUT2D eigenvalue weighted by molar-refractivity contribution is -0.112. The number of aliphatic hydroxyl groups excluding tert-OH is 1. The number of hydrogen-bond donors (Lipinski definition) is 4. The maximum Gasteiger partial charge on any atom is 0.405 e. The summed E-state index contributed by atoms with van der Waals surface area (Å²) in [6.45, 7) is 7.44. The fourth-order valence-electron chi connectivity index (χ4n) is 4.83. The molecule has 2 amide bonds. The van der Waals surface area contributed by atoms with Crippen LogP contribution in [-0.2, 0) is 25.4 Å². The standard InChI is InChI=1S/C28H42N2O7/c1-16-10-20-13-21(15-22(31)14-20)30-27(33)17(2)8-7-9-23(35-5)26(37-28(29)34)19(4)12-18(3)25(32)24(11-16)36-6/h8,12-16,18,23-26,31-32H,7,9-11H2,1-6H3,(H2,29,34)(H,30,33)/b17-8+,19-12+. The number of hydrogen-bond acceptors (Lipinski definition) is 7. The van der Waals surface area contributed by atoms with Crippen LogP contribution in [0.5, 0.6) is 5.75 Å². The summed E-state index contributed by atoms with van der Waals surface area (Å²) in [5, 5.41) is 24.2. The van der Waals surface area contributed by atoms with E-state index in [0.717, 1.165) is 5.56 Å². The summed E-state index contributed by atoms with van der Waals surface area (Å²) in [4.78, 5) is 24.4. The van der Waals surface area contributed by atoms with E-state index >= 15 is 0 Å². The molecule has 0 spiro atoms. The second kappa shape index (κ2) is 14.2. The molecule has 0 aliphatic carbocycles. The molecule has 206 valence electrons. The zero-order chi connectivity index (χ0) is 27.7. The van der Waals surface area contributed by atoms with Crippen molar-refractivity contribution in [1.29, 1.82) is 0 Å². The Hall–Kier alpha value is -2.88. The summed E-state index contributed by atoms with van der Waals surface area (Å²) < 4.78 is 16.7. The summed E-state index contributed by atoms with van der Waals surface area (Å²) in [5.41, 5.74) is 7.92. The van der Waals surface area contributed by atoms with E-state index in [1.165, 1.54) is 13.2 Å². The zero-order valence-corrected chi connectivity index (χ0v) is 22.7. The Labute approximate surface area is 219 Å². The second-order valence-electron chi connectivity index (χ2n) is 10.0. The predicted molar refractivity (Wildman–Crippen MR) is 142 cm³/mol. The first-order valence-corrected chi connectivity index (χ1v) is 12.6. The molecule has 1 aliphatic heterocycles. The Balaban J connectivity index is 2.47. The quantitative estimate of drug-likeness (QED) is 0.442. The number of aromatic hydroxyl groups is 1. The number of nitrogens with one attached hydrogen (secondary N) is 1. The number of aliphatic hydroxyl groups is 1. The Morgan fingerprint density at radius 1 is 1.11 bits per heavy atom. The van der Waals surface area contributed by atoms with Gasteiger partial charge in [0.15, 0.2) is 6.10 Å². The Morgan fingerprint density at radius 2 is 1.78 bits per heavy atom. The fraction of sp³-hybridized carbons (Fsp3) is 0.571. The van der Waals surface area contributed by atoms with Gasteiger partial charge in [0.25, 0.3) is 5.91 Å². The van der Waals surface area contributed by atoms with E-state index in [-0.39, 0.29) is 23.5 Å². The largest absolute Gasteiger partial charge is 0.508 e. The number of amides is 2. The molecule has 37 heavy (non-hydrogen) atoms. The maximum atomic E-state index is 12.8. The second-order valence-corrected chi connectivity index (χ2v) is 10.0. The minimum Gasteiger partial charge on any atom is -0.508 e. The lowest BCUT2D eigenvalue weighted by Gasteiger charge is -2.30. The van der Waals surface area contributed by atoms with Gasteiger partial charge in [-0.1, -0.05) is 26.0 Å². The number of carbonyl (C=O) groups excluding carboxylic acids is 2. The number of anilines is 1. The van der Waals surface area contributed by atoms with Gasteiger partial charge in [0.1, 0.15) is 5.75 Å². The van der Waals surface area contributed by atoms with Gasteiger partial charge in [-0.05, 0) is 68.7 Å². The average Bonchev–Trinajstić information content (AvgIpc) is 2.82. The molecule has 0 saturated heterocycles. The summed E-state index contributed by atoms with van der Waals surface area (Å²) in [5.74, 6) is -0.427.